The first-order valence-corrected chi connectivity index (χ1v) is 8.77. The van der Waals surface area contributed by atoms with Crippen molar-refractivity contribution in [3.8, 4) is 0 Å². The lowest BCUT2D eigenvalue weighted by Crippen LogP contribution is -2.17. The van der Waals surface area contributed by atoms with Crippen molar-refractivity contribution in [2.24, 2.45) is 10.3 Å². The van der Waals surface area contributed by atoms with Gasteiger partial charge >= 0.3 is 0 Å². The molecule has 0 amide bonds. The molecule has 0 saturated carbocycles. The van der Waals surface area contributed by atoms with E-state index in [1.165, 1.54) is 11.1 Å². The summed E-state index contributed by atoms with van der Waals surface area (Å²) in [6.07, 6.45) is 4.05. The van der Waals surface area contributed by atoms with Crippen molar-refractivity contribution in [1.29, 1.82) is 0 Å². The zero-order valence-corrected chi connectivity index (χ0v) is 14.6. The van der Waals surface area contributed by atoms with Gasteiger partial charge < -0.3 is 10.5 Å². The Morgan fingerprint density at radius 2 is 1.96 bits per heavy atom. The van der Waals surface area contributed by atoms with Gasteiger partial charge in [0.15, 0.2) is 0 Å². The molecular formula is C19H25N5O. The minimum atomic E-state index is 0.0272. The molecule has 1 aliphatic heterocycles. The summed E-state index contributed by atoms with van der Waals surface area (Å²) in [5, 5.41) is 10.6. The number of rotatable bonds is 8. The highest BCUT2D eigenvalue weighted by atomic mass is 16.5. The summed E-state index contributed by atoms with van der Waals surface area (Å²) in [5.74, 6) is 0.523. The molecule has 0 aliphatic carbocycles. The number of nitrogen functional groups attached to an aromatic ring is 1. The molecule has 1 atom stereocenters. The molecule has 6 nitrogen and oxygen atoms in total. The largest absolute Gasteiger partial charge is 0.384 e. The van der Waals surface area contributed by atoms with Crippen LogP contribution in [0, 0.1) is 0 Å². The van der Waals surface area contributed by atoms with Crippen LogP contribution in [0.15, 0.2) is 52.9 Å². The van der Waals surface area contributed by atoms with E-state index < -0.39 is 0 Å². The maximum absolute atomic E-state index is 5.65. The smallest absolute Gasteiger partial charge is 0.123 e. The standard InChI is InChI=1S/C19H25N5O/c1-2-3-10-25-14-16-6-4-15(5-7-16)12-24-13-18(22-23-24)17-8-9-19(20)21-11-17/h4-9,11,18H,2-3,10,12-14H2,1H3,(H2,20,21). The second kappa shape index (κ2) is 8.58. The first kappa shape index (κ1) is 17.4. The molecule has 1 unspecified atom stereocenters. The third-order valence-electron chi connectivity index (χ3n) is 4.19. The normalized spacial score (nSPS) is 16.5. The average Bonchev–Trinajstić information content (AvgIpc) is 3.09. The Kier molecular flexibility index (Phi) is 5.95. The van der Waals surface area contributed by atoms with E-state index in [0.29, 0.717) is 12.4 Å². The van der Waals surface area contributed by atoms with Crippen LogP contribution in [0.1, 0.15) is 42.5 Å². The van der Waals surface area contributed by atoms with Crippen LogP contribution in [-0.2, 0) is 17.9 Å². The van der Waals surface area contributed by atoms with Crippen LogP contribution < -0.4 is 5.73 Å². The highest BCUT2D eigenvalue weighted by Crippen LogP contribution is 2.25. The van der Waals surface area contributed by atoms with Gasteiger partial charge in [0.25, 0.3) is 0 Å². The van der Waals surface area contributed by atoms with Crippen LogP contribution in [0.3, 0.4) is 0 Å². The molecule has 1 aliphatic rings. The maximum atomic E-state index is 5.65. The summed E-state index contributed by atoms with van der Waals surface area (Å²) >= 11 is 0. The van der Waals surface area contributed by atoms with Crippen molar-refractivity contribution in [1.82, 2.24) is 9.99 Å². The first-order chi connectivity index (χ1) is 12.2. The highest BCUT2D eigenvalue weighted by molar-refractivity contribution is 5.31. The molecule has 1 aromatic carbocycles. The fourth-order valence-electron chi connectivity index (χ4n) is 2.68. The van der Waals surface area contributed by atoms with E-state index in [1.54, 1.807) is 12.3 Å². The van der Waals surface area contributed by atoms with Crippen LogP contribution in [0.25, 0.3) is 0 Å². The molecule has 0 spiro atoms. The Morgan fingerprint density at radius 3 is 2.68 bits per heavy atom. The van der Waals surface area contributed by atoms with Crippen LogP contribution in [0.2, 0.25) is 0 Å². The lowest BCUT2D eigenvalue weighted by molar-refractivity contribution is 0.118. The monoisotopic (exact) mass is 339 g/mol. The Morgan fingerprint density at radius 1 is 1.16 bits per heavy atom. The molecule has 6 heteroatoms. The molecule has 2 heterocycles. The second-order valence-electron chi connectivity index (χ2n) is 6.31. The maximum Gasteiger partial charge on any atom is 0.123 e. The van der Waals surface area contributed by atoms with Crippen molar-refractivity contribution < 1.29 is 4.74 Å². The molecule has 0 bridgehead atoms. The fraction of sp³-hybridized carbons (Fsp3) is 0.421. The van der Waals surface area contributed by atoms with Gasteiger partial charge in [0, 0.05) is 12.8 Å². The number of pyridine rings is 1. The predicted molar refractivity (Wildman–Crippen MR) is 97.7 cm³/mol. The van der Waals surface area contributed by atoms with Gasteiger partial charge in [-0.2, -0.15) is 5.11 Å². The number of hydrogen-bond acceptors (Lipinski definition) is 6. The second-order valence-corrected chi connectivity index (χ2v) is 6.31. The zero-order valence-electron chi connectivity index (χ0n) is 14.6. The molecular weight excluding hydrogens is 314 g/mol. The van der Waals surface area contributed by atoms with Crippen molar-refractivity contribution in [2.75, 3.05) is 18.9 Å². The summed E-state index contributed by atoms with van der Waals surface area (Å²) < 4.78 is 5.65. The number of nitrogens with zero attached hydrogens (tertiary/aromatic N) is 4. The van der Waals surface area contributed by atoms with Gasteiger partial charge in [0.1, 0.15) is 11.9 Å². The molecule has 2 aromatic rings. The summed E-state index contributed by atoms with van der Waals surface area (Å²) in [5.41, 5.74) is 9.09. The van der Waals surface area contributed by atoms with Gasteiger partial charge in [-0.25, -0.2) is 4.98 Å². The Labute approximate surface area is 148 Å². The highest BCUT2D eigenvalue weighted by Gasteiger charge is 2.21. The minimum Gasteiger partial charge on any atom is -0.384 e. The van der Waals surface area contributed by atoms with Gasteiger partial charge in [-0.15, -0.1) is 0 Å². The Bertz CT molecular complexity index is 684. The van der Waals surface area contributed by atoms with E-state index in [2.05, 4.69) is 46.5 Å². The van der Waals surface area contributed by atoms with Crippen molar-refractivity contribution >= 4 is 5.82 Å². The number of anilines is 1. The van der Waals surface area contributed by atoms with Crippen LogP contribution >= 0.6 is 0 Å². The number of hydrogen-bond donors (Lipinski definition) is 1. The summed E-state index contributed by atoms with van der Waals surface area (Å²) in [7, 11) is 0. The van der Waals surface area contributed by atoms with Gasteiger partial charge in [-0.3, -0.25) is 5.01 Å². The Hall–Kier alpha value is -2.47. The third-order valence-corrected chi connectivity index (χ3v) is 4.19. The molecule has 1 aromatic heterocycles. The van der Waals surface area contributed by atoms with E-state index >= 15 is 0 Å². The topological polar surface area (TPSA) is 76.1 Å². The molecule has 3 rings (SSSR count). The number of unbranched alkanes of at least 4 members (excludes halogenated alkanes) is 1. The quantitative estimate of drug-likeness (QED) is 0.740. The average molecular weight is 339 g/mol. The molecule has 0 saturated heterocycles. The Balaban J connectivity index is 1.48. The summed E-state index contributed by atoms with van der Waals surface area (Å²) in [6.45, 7) is 5.18. The van der Waals surface area contributed by atoms with Crippen molar-refractivity contribution in [2.45, 2.75) is 39.0 Å². The molecule has 0 radical (unpaired) electrons. The lowest BCUT2D eigenvalue weighted by Gasteiger charge is -2.14. The summed E-state index contributed by atoms with van der Waals surface area (Å²) in [6, 6.07) is 12.3. The first-order valence-electron chi connectivity index (χ1n) is 8.77. The van der Waals surface area contributed by atoms with Gasteiger partial charge in [-0.05, 0) is 29.2 Å². The van der Waals surface area contributed by atoms with Crippen molar-refractivity contribution in [3.05, 3.63) is 59.3 Å². The summed E-state index contributed by atoms with van der Waals surface area (Å²) in [4.78, 5) is 4.12. The van der Waals surface area contributed by atoms with Gasteiger partial charge in [0.2, 0.25) is 0 Å². The SMILES string of the molecule is CCCCOCc1ccc(CN2CC(c3ccc(N)nc3)N=N2)cc1. The lowest BCUT2D eigenvalue weighted by atomic mass is 10.1. The predicted octanol–water partition coefficient (Wildman–Crippen LogP) is 3.90. The number of benzene rings is 1. The van der Waals surface area contributed by atoms with E-state index in [9.17, 15) is 0 Å². The zero-order chi connectivity index (χ0) is 17.5. The van der Waals surface area contributed by atoms with Crippen molar-refractivity contribution in [3.63, 3.8) is 0 Å². The molecule has 2 N–H and O–H groups in total. The van der Waals surface area contributed by atoms with E-state index in [1.807, 2.05) is 11.1 Å². The number of nitrogens with two attached hydrogens (primary N) is 1. The van der Waals surface area contributed by atoms with Gasteiger partial charge in [0.05, 0.1) is 19.7 Å². The van der Waals surface area contributed by atoms with Crippen LogP contribution in [0.5, 0.6) is 0 Å². The minimum absolute atomic E-state index is 0.0272. The van der Waals surface area contributed by atoms with Gasteiger partial charge in [-0.1, -0.05) is 48.9 Å². The number of ether oxygens (including phenoxy) is 1. The van der Waals surface area contributed by atoms with Crippen LogP contribution in [0.4, 0.5) is 5.82 Å². The fourth-order valence-corrected chi connectivity index (χ4v) is 2.68. The van der Waals surface area contributed by atoms with E-state index in [4.69, 9.17) is 10.5 Å². The van der Waals surface area contributed by atoms with E-state index in [0.717, 1.165) is 38.1 Å². The molecule has 0 fully saturated rings. The van der Waals surface area contributed by atoms with E-state index in [-0.39, 0.29) is 6.04 Å². The van der Waals surface area contributed by atoms with Crippen LogP contribution in [-0.4, -0.2) is 23.1 Å². The third kappa shape index (κ3) is 5.00. The number of aromatic nitrogens is 1. The molecule has 25 heavy (non-hydrogen) atoms. The molecule has 132 valence electrons.